The van der Waals surface area contributed by atoms with E-state index in [0.29, 0.717) is 17.3 Å². The summed E-state index contributed by atoms with van der Waals surface area (Å²) in [5.74, 6) is -0.834. The van der Waals surface area contributed by atoms with Crippen molar-refractivity contribution < 1.29 is 18.0 Å². The lowest BCUT2D eigenvalue weighted by atomic mass is 10.0. The van der Waals surface area contributed by atoms with Crippen LogP contribution in [0.1, 0.15) is 34.7 Å². The summed E-state index contributed by atoms with van der Waals surface area (Å²) < 4.78 is 29.4. The molecule has 0 bridgehead atoms. The number of benzene rings is 4. The fourth-order valence-corrected chi connectivity index (χ4v) is 6.41. The summed E-state index contributed by atoms with van der Waals surface area (Å²) >= 11 is 6.13. The van der Waals surface area contributed by atoms with E-state index in [-0.39, 0.29) is 23.8 Å². The molecule has 230 valence electrons. The van der Waals surface area contributed by atoms with Crippen LogP contribution in [0.3, 0.4) is 0 Å². The van der Waals surface area contributed by atoms with E-state index in [4.69, 9.17) is 11.6 Å². The van der Waals surface area contributed by atoms with Gasteiger partial charge in [0, 0.05) is 24.5 Å². The van der Waals surface area contributed by atoms with E-state index in [9.17, 15) is 18.0 Å². The molecule has 44 heavy (non-hydrogen) atoms. The zero-order chi connectivity index (χ0) is 31.9. The number of aryl methyl sites for hydroxylation is 3. The van der Waals surface area contributed by atoms with E-state index in [0.717, 1.165) is 32.1 Å². The smallest absolute Gasteiger partial charge is 0.264 e. The molecule has 2 amide bonds. The Hall–Kier alpha value is -4.14. The summed E-state index contributed by atoms with van der Waals surface area (Å²) in [6.45, 7) is 7.49. The van der Waals surface area contributed by atoms with Gasteiger partial charge in [-0.15, -0.1) is 0 Å². The minimum Gasteiger partial charge on any atom is -0.355 e. The summed E-state index contributed by atoms with van der Waals surface area (Å²) in [6, 6.07) is 27.4. The van der Waals surface area contributed by atoms with Crippen LogP contribution in [0.4, 0.5) is 5.69 Å². The number of hydrogen-bond acceptors (Lipinski definition) is 4. The lowest BCUT2D eigenvalue weighted by molar-refractivity contribution is -0.140. The standard InChI is InChI=1S/C35H38ClN3O4S/c1-5-37-35(41)33(22-28-9-7-6-8-10-28)38(23-29-14-16-30(36)17-15-29)34(40)24-39(31-18-13-26(3)27(4)21-31)44(42,43)32-19-11-25(2)12-20-32/h6-21,33H,5,22-24H2,1-4H3,(H,37,41)/t33-/m0/s1. The molecule has 4 rings (SSSR count). The third kappa shape index (κ3) is 8.07. The topological polar surface area (TPSA) is 86.8 Å². The molecular weight excluding hydrogens is 594 g/mol. The first-order valence-corrected chi connectivity index (χ1v) is 16.3. The largest absolute Gasteiger partial charge is 0.355 e. The molecule has 0 fully saturated rings. The number of nitrogens with zero attached hydrogens (tertiary/aromatic N) is 2. The molecule has 0 aliphatic carbocycles. The van der Waals surface area contributed by atoms with Gasteiger partial charge in [-0.3, -0.25) is 13.9 Å². The van der Waals surface area contributed by atoms with Crippen molar-refractivity contribution in [2.75, 3.05) is 17.4 Å². The third-order valence-electron chi connectivity index (χ3n) is 7.55. The number of nitrogens with one attached hydrogen (secondary N) is 1. The summed E-state index contributed by atoms with van der Waals surface area (Å²) in [7, 11) is -4.15. The monoisotopic (exact) mass is 631 g/mol. The summed E-state index contributed by atoms with van der Waals surface area (Å²) in [4.78, 5) is 29.5. The van der Waals surface area contributed by atoms with Crippen LogP contribution in [0.2, 0.25) is 5.02 Å². The highest BCUT2D eigenvalue weighted by Crippen LogP contribution is 2.27. The van der Waals surface area contributed by atoms with Crippen LogP contribution in [0.5, 0.6) is 0 Å². The van der Waals surface area contributed by atoms with Gasteiger partial charge in [0.2, 0.25) is 11.8 Å². The Balaban J connectivity index is 1.81. The molecule has 0 saturated carbocycles. The van der Waals surface area contributed by atoms with Gasteiger partial charge in [0.05, 0.1) is 10.6 Å². The average molecular weight is 632 g/mol. The number of anilines is 1. The van der Waals surface area contributed by atoms with Gasteiger partial charge < -0.3 is 10.2 Å². The molecule has 1 N–H and O–H groups in total. The molecule has 9 heteroatoms. The van der Waals surface area contributed by atoms with Gasteiger partial charge in [0.25, 0.3) is 10.0 Å². The Morgan fingerprint density at radius 3 is 2.09 bits per heavy atom. The normalized spacial score (nSPS) is 11.9. The van der Waals surface area contributed by atoms with Gasteiger partial charge in [-0.05, 0) is 86.3 Å². The number of halogens is 1. The first-order chi connectivity index (χ1) is 21.0. The van der Waals surface area contributed by atoms with Gasteiger partial charge in [-0.2, -0.15) is 0 Å². The second-order valence-electron chi connectivity index (χ2n) is 10.8. The van der Waals surface area contributed by atoms with E-state index >= 15 is 0 Å². The molecular formula is C35H38ClN3O4S. The maximum absolute atomic E-state index is 14.4. The Morgan fingerprint density at radius 1 is 0.818 bits per heavy atom. The molecule has 0 aromatic heterocycles. The van der Waals surface area contributed by atoms with Crippen molar-refractivity contribution in [1.29, 1.82) is 0 Å². The van der Waals surface area contributed by atoms with Gasteiger partial charge in [0.15, 0.2) is 0 Å². The highest BCUT2D eigenvalue weighted by atomic mass is 35.5. The zero-order valence-corrected chi connectivity index (χ0v) is 27.0. The van der Waals surface area contributed by atoms with Gasteiger partial charge in [-0.1, -0.05) is 77.8 Å². The number of rotatable bonds is 12. The predicted molar refractivity (Wildman–Crippen MR) is 176 cm³/mol. The Kier molecular flexibility index (Phi) is 10.8. The van der Waals surface area contributed by atoms with Crippen LogP contribution in [0.15, 0.2) is 102 Å². The van der Waals surface area contributed by atoms with Gasteiger partial charge in [0.1, 0.15) is 12.6 Å². The molecule has 4 aromatic rings. The fraction of sp³-hybridized carbons (Fsp3) is 0.257. The van der Waals surface area contributed by atoms with E-state index < -0.39 is 28.5 Å². The van der Waals surface area contributed by atoms with E-state index in [1.807, 2.05) is 64.1 Å². The SMILES string of the molecule is CCNC(=O)[C@H](Cc1ccccc1)N(Cc1ccc(Cl)cc1)C(=O)CN(c1ccc(C)c(C)c1)S(=O)(=O)c1ccc(C)cc1. The molecule has 0 aliphatic heterocycles. The highest BCUT2D eigenvalue weighted by molar-refractivity contribution is 7.92. The summed E-state index contributed by atoms with van der Waals surface area (Å²) in [5.41, 5.74) is 4.79. The summed E-state index contributed by atoms with van der Waals surface area (Å²) in [5, 5.41) is 3.41. The Bertz CT molecular complexity index is 1690. The molecule has 0 radical (unpaired) electrons. The lowest BCUT2D eigenvalue weighted by Crippen LogP contribution is -2.53. The van der Waals surface area contributed by atoms with Crippen molar-refractivity contribution in [1.82, 2.24) is 10.2 Å². The zero-order valence-electron chi connectivity index (χ0n) is 25.5. The highest BCUT2D eigenvalue weighted by Gasteiger charge is 2.34. The Labute approximate surface area is 265 Å². The van der Waals surface area contributed by atoms with Crippen molar-refractivity contribution in [2.45, 2.75) is 51.6 Å². The van der Waals surface area contributed by atoms with Crippen molar-refractivity contribution in [2.24, 2.45) is 0 Å². The minimum absolute atomic E-state index is 0.0722. The lowest BCUT2D eigenvalue weighted by Gasteiger charge is -2.34. The maximum Gasteiger partial charge on any atom is 0.264 e. The fourth-order valence-electron chi connectivity index (χ4n) is 4.88. The third-order valence-corrected chi connectivity index (χ3v) is 9.59. The molecule has 1 atom stereocenters. The number of carbonyl (C=O) groups is 2. The van der Waals surface area contributed by atoms with E-state index in [1.165, 1.54) is 4.90 Å². The van der Waals surface area contributed by atoms with Gasteiger partial charge >= 0.3 is 0 Å². The maximum atomic E-state index is 14.4. The molecule has 7 nitrogen and oxygen atoms in total. The first kappa shape index (κ1) is 32.8. The second-order valence-corrected chi connectivity index (χ2v) is 13.1. The quantitative estimate of drug-likeness (QED) is 0.201. The Morgan fingerprint density at radius 2 is 1.48 bits per heavy atom. The van der Waals surface area contributed by atoms with Crippen molar-refractivity contribution >= 4 is 39.1 Å². The molecule has 0 saturated heterocycles. The van der Waals surface area contributed by atoms with Crippen LogP contribution in [0.25, 0.3) is 0 Å². The van der Waals surface area contributed by atoms with Crippen molar-refractivity contribution in [3.8, 4) is 0 Å². The van der Waals surface area contributed by atoms with Crippen molar-refractivity contribution in [3.63, 3.8) is 0 Å². The van der Waals surface area contributed by atoms with Crippen LogP contribution >= 0.6 is 11.6 Å². The molecule has 0 spiro atoms. The number of hydrogen-bond donors (Lipinski definition) is 1. The van der Waals surface area contributed by atoms with Crippen LogP contribution < -0.4 is 9.62 Å². The summed E-state index contributed by atoms with van der Waals surface area (Å²) in [6.07, 6.45) is 0.250. The number of amides is 2. The second kappa shape index (κ2) is 14.6. The van der Waals surface area contributed by atoms with E-state index in [1.54, 1.807) is 60.7 Å². The molecule has 0 heterocycles. The average Bonchev–Trinajstić information content (AvgIpc) is 3.00. The molecule has 0 unspecified atom stereocenters. The van der Waals surface area contributed by atoms with Crippen LogP contribution in [0, 0.1) is 20.8 Å². The number of likely N-dealkylation sites (N-methyl/N-ethyl adjacent to an activating group) is 1. The number of carbonyl (C=O) groups excluding carboxylic acids is 2. The van der Waals surface area contributed by atoms with Gasteiger partial charge in [-0.25, -0.2) is 8.42 Å². The first-order valence-electron chi connectivity index (χ1n) is 14.5. The number of sulfonamides is 1. The van der Waals surface area contributed by atoms with E-state index in [2.05, 4.69) is 5.32 Å². The molecule has 0 aliphatic rings. The predicted octanol–water partition coefficient (Wildman–Crippen LogP) is 6.24. The van der Waals surface area contributed by atoms with Crippen LogP contribution in [-0.4, -0.2) is 44.3 Å². The molecule has 4 aromatic carbocycles. The minimum atomic E-state index is -4.15. The van der Waals surface area contributed by atoms with Crippen LogP contribution in [-0.2, 0) is 32.6 Å². The van der Waals surface area contributed by atoms with Crippen molar-refractivity contribution in [3.05, 3.63) is 130 Å².